The van der Waals surface area contributed by atoms with Crippen LogP contribution < -0.4 is 0 Å². The zero-order chi connectivity index (χ0) is 21.4. The molecule has 3 aromatic rings. The lowest BCUT2D eigenvalue weighted by molar-refractivity contribution is -0.138. The second kappa shape index (κ2) is 7.63. The highest BCUT2D eigenvalue weighted by Crippen LogP contribution is 2.35. The van der Waals surface area contributed by atoms with Crippen LogP contribution in [-0.4, -0.2) is 30.5 Å². The molecule has 0 amide bonds. The molecule has 1 unspecified atom stereocenters. The minimum absolute atomic E-state index is 0.00777. The number of pyridine rings is 2. The SMILES string of the molecule is CC[S+]([O-])c1cc(C(F)(F)F)cnc1-c1nnc(-c2cc(C(F)(F)F)ccn2)o1. The summed E-state index contributed by atoms with van der Waals surface area (Å²) in [5.41, 5.74) is -2.66. The Hall–Kier alpha value is -2.67. The molecule has 0 saturated heterocycles. The van der Waals surface area contributed by atoms with Gasteiger partial charge in [-0.2, -0.15) is 26.3 Å². The second-order valence-electron chi connectivity index (χ2n) is 5.54. The van der Waals surface area contributed by atoms with Crippen LogP contribution in [0.3, 0.4) is 0 Å². The first kappa shape index (κ1) is 21.0. The van der Waals surface area contributed by atoms with E-state index < -0.39 is 46.4 Å². The van der Waals surface area contributed by atoms with Crippen molar-refractivity contribution in [2.24, 2.45) is 0 Å². The molecule has 0 spiro atoms. The average Bonchev–Trinajstić information content (AvgIpc) is 3.15. The van der Waals surface area contributed by atoms with Crippen LogP contribution in [0.25, 0.3) is 23.2 Å². The fraction of sp³-hybridized carbons (Fsp3) is 0.250. The van der Waals surface area contributed by atoms with E-state index in [9.17, 15) is 30.9 Å². The third kappa shape index (κ3) is 4.50. The van der Waals surface area contributed by atoms with Crippen molar-refractivity contribution in [1.29, 1.82) is 0 Å². The van der Waals surface area contributed by atoms with E-state index in [1.54, 1.807) is 0 Å². The predicted molar refractivity (Wildman–Crippen MR) is 87.7 cm³/mol. The van der Waals surface area contributed by atoms with Gasteiger partial charge in [0.05, 0.1) is 11.1 Å². The lowest BCUT2D eigenvalue weighted by Gasteiger charge is -2.13. The molecule has 154 valence electrons. The molecular formula is C16H10F6N4O2S. The van der Waals surface area contributed by atoms with E-state index in [1.165, 1.54) is 6.92 Å². The first-order valence-electron chi connectivity index (χ1n) is 7.83. The van der Waals surface area contributed by atoms with Crippen molar-refractivity contribution in [1.82, 2.24) is 20.2 Å². The van der Waals surface area contributed by atoms with Crippen molar-refractivity contribution in [2.45, 2.75) is 24.2 Å². The largest absolute Gasteiger partial charge is 0.611 e. The van der Waals surface area contributed by atoms with Gasteiger partial charge in [0.1, 0.15) is 11.4 Å². The molecule has 3 aromatic heterocycles. The van der Waals surface area contributed by atoms with Gasteiger partial charge in [0, 0.05) is 18.5 Å². The number of rotatable bonds is 4. The Morgan fingerprint density at radius 3 is 2.24 bits per heavy atom. The summed E-state index contributed by atoms with van der Waals surface area (Å²) in [5, 5.41) is 7.18. The van der Waals surface area contributed by atoms with Crippen LogP contribution >= 0.6 is 0 Å². The van der Waals surface area contributed by atoms with Crippen molar-refractivity contribution in [3.8, 4) is 23.2 Å². The summed E-state index contributed by atoms with van der Waals surface area (Å²) in [6.07, 6.45) is -7.92. The molecule has 0 radical (unpaired) electrons. The van der Waals surface area contributed by atoms with Crippen molar-refractivity contribution in [2.75, 3.05) is 5.75 Å². The molecule has 0 aliphatic rings. The van der Waals surface area contributed by atoms with Crippen molar-refractivity contribution < 1.29 is 35.3 Å². The molecule has 1 atom stereocenters. The van der Waals surface area contributed by atoms with E-state index in [0.717, 1.165) is 12.3 Å². The van der Waals surface area contributed by atoms with E-state index in [-0.39, 0.29) is 22.0 Å². The smallest absolute Gasteiger partial charge is 0.418 e. The summed E-state index contributed by atoms with van der Waals surface area (Å²) in [4.78, 5) is 7.08. The Balaban J connectivity index is 2.05. The monoisotopic (exact) mass is 436 g/mol. The van der Waals surface area contributed by atoms with Gasteiger partial charge in [0.2, 0.25) is 0 Å². The molecule has 6 nitrogen and oxygen atoms in total. The van der Waals surface area contributed by atoms with Gasteiger partial charge in [0.15, 0.2) is 10.6 Å². The third-order valence-corrected chi connectivity index (χ3v) is 4.95. The first-order chi connectivity index (χ1) is 13.5. The average molecular weight is 436 g/mol. The summed E-state index contributed by atoms with van der Waals surface area (Å²) in [6.45, 7) is 1.49. The molecule has 0 N–H and O–H groups in total. The molecule has 0 bridgehead atoms. The summed E-state index contributed by atoms with van der Waals surface area (Å²) in [6, 6.07) is 2.09. The molecule has 13 heteroatoms. The van der Waals surface area contributed by atoms with E-state index in [1.807, 2.05) is 0 Å². The number of nitrogens with zero attached hydrogens (tertiary/aromatic N) is 4. The molecule has 0 saturated carbocycles. The number of hydrogen-bond donors (Lipinski definition) is 0. The molecule has 0 aliphatic heterocycles. The molecule has 0 aliphatic carbocycles. The fourth-order valence-corrected chi connectivity index (χ4v) is 3.16. The van der Waals surface area contributed by atoms with Crippen LogP contribution in [0.2, 0.25) is 0 Å². The maximum absolute atomic E-state index is 12.9. The van der Waals surface area contributed by atoms with Crippen LogP contribution in [0.15, 0.2) is 39.9 Å². The van der Waals surface area contributed by atoms with Crippen molar-refractivity contribution in [3.05, 3.63) is 41.7 Å². The normalized spacial score (nSPS) is 13.5. The summed E-state index contributed by atoms with van der Waals surface area (Å²) >= 11 is -1.85. The molecule has 3 heterocycles. The quantitative estimate of drug-likeness (QED) is 0.446. The minimum atomic E-state index is -4.71. The maximum Gasteiger partial charge on any atom is 0.418 e. The highest BCUT2D eigenvalue weighted by Gasteiger charge is 2.35. The molecule has 3 rings (SSSR count). The molecule has 29 heavy (non-hydrogen) atoms. The van der Waals surface area contributed by atoms with Crippen molar-refractivity contribution >= 4 is 11.2 Å². The van der Waals surface area contributed by atoms with Gasteiger partial charge in [-0.05, 0) is 30.2 Å². The standard InChI is InChI=1S/C16H10F6N4O2S/c1-2-29(27)11-6-9(16(20,21)22)7-24-12(11)14-26-25-13(28-14)10-5-8(3-4-23-10)15(17,18)19/h3-7H,2H2,1H3. The number of aromatic nitrogens is 4. The topological polar surface area (TPSA) is 87.8 Å². The first-order valence-corrected chi connectivity index (χ1v) is 9.15. The van der Waals surface area contributed by atoms with E-state index in [0.29, 0.717) is 18.3 Å². The molecule has 0 aromatic carbocycles. The van der Waals surface area contributed by atoms with E-state index in [2.05, 4.69) is 20.2 Å². The Morgan fingerprint density at radius 2 is 1.62 bits per heavy atom. The minimum Gasteiger partial charge on any atom is -0.611 e. The van der Waals surface area contributed by atoms with Gasteiger partial charge < -0.3 is 8.97 Å². The van der Waals surface area contributed by atoms with Crippen molar-refractivity contribution in [3.63, 3.8) is 0 Å². The Morgan fingerprint density at radius 1 is 0.966 bits per heavy atom. The second-order valence-corrected chi connectivity index (χ2v) is 7.25. The van der Waals surface area contributed by atoms with Gasteiger partial charge in [-0.15, -0.1) is 10.2 Å². The fourth-order valence-electron chi connectivity index (χ4n) is 2.24. The Labute approximate surface area is 162 Å². The highest BCUT2D eigenvalue weighted by molar-refractivity contribution is 7.91. The number of hydrogen-bond acceptors (Lipinski definition) is 6. The van der Waals surface area contributed by atoms with E-state index >= 15 is 0 Å². The van der Waals surface area contributed by atoms with Gasteiger partial charge >= 0.3 is 12.4 Å². The highest BCUT2D eigenvalue weighted by atomic mass is 32.2. The number of halogens is 6. The molecular weight excluding hydrogens is 426 g/mol. The van der Waals surface area contributed by atoms with Crippen LogP contribution in [0, 0.1) is 0 Å². The maximum atomic E-state index is 12.9. The summed E-state index contributed by atoms with van der Waals surface area (Å²) in [5.74, 6) is -0.808. The summed E-state index contributed by atoms with van der Waals surface area (Å²) in [7, 11) is 0. The Kier molecular flexibility index (Phi) is 5.54. The third-order valence-electron chi connectivity index (χ3n) is 3.62. The van der Waals surface area contributed by atoms with Gasteiger partial charge in [-0.25, -0.2) is 4.98 Å². The number of alkyl halides is 6. The van der Waals surface area contributed by atoms with Gasteiger partial charge in [-0.3, -0.25) is 4.98 Å². The lowest BCUT2D eigenvalue weighted by atomic mass is 10.2. The van der Waals surface area contributed by atoms with Gasteiger partial charge in [0.25, 0.3) is 11.8 Å². The van der Waals surface area contributed by atoms with Gasteiger partial charge in [-0.1, -0.05) is 0 Å². The lowest BCUT2D eigenvalue weighted by Crippen LogP contribution is -2.12. The Bertz CT molecular complexity index is 1020. The molecule has 0 fully saturated rings. The van der Waals surface area contributed by atoms with Crippen LogP contribution in [-0.2, 0) is 23.5 Å². The zero-order valence-electron chi connectivity index (χ0n) is 14.4. The van der Waals surface area contributed by atoms with Crippen LogP contribution in [0.1, 0.15) is 18.1 Å². The van der Waals surface area contributed by atoms with Crippen LogP contribution in [0.4, 0.5) is 26.3 Å². The summed E-state index contributed by atoms with van der Waals surface area (Å²) < 4.78 is 94.8. The van der Waals surface area contributed by atoms with E-state index in [4.69, 9.17) is 4.42 Å². The van der Waals surface area contributed by atoms with Crippen LogP contribution in [0.5, 0.6) is 0 Å². The predicted octanol–water partition coefficient (Wildman–Crippen LogP) is 4.36. The zero-order valence-corrected chi connectivity index (χ0v) is 15.2.